The van der Waals surface area contributed by atoms with Gasteiger partial charge in [-0.3, -0.25) is 5.73 Å². The third kappa shape index (κ3) is 5.24. The number of carbonyl (C=O) groups excluding carboxylic acids is 3. The van der Waals surface area contributed by atoms with Crippen LogP contribution >= 0.6 is 0 Å². The van der Waals surface area contributed by atoms with Crippen LogP contribution in [0.25, 0.3) is 0 Å². The molecular weight excluding hydrogens is 520 g/mol. The summed E-state index contributed by atoms with van der Waals surface area (Å²) in [5.74, 6) is -2.84. The normalized spacial score (nSPS) is 20.4. The van der Waals surface area contributed by atoms with Crippen molar-refractivity contribution in [2.75, 3.05) is 26.2 Å². The summed E-state index contributed by atoms with van der Waals surface area (Å²) >= 11 is 0. The molecule has 2 aromatic rings. The van der Waals surface area contributed by atoms with Crippen molar-refractivity contribution in [2.45, 2.75) is 50.9 Å². The van der Waals surface area contributed by atoms with Crippen molar-refractivity contribution in [3.05, 3.63) is 82.1 Å². The molecule has 1 spiro atoms. The number of halogens is 2. The van der Waals surface area contributed by atoms with E-state index in [1.54, 1.807) is 6.92 Å². The smallest absolute Gasteiger partial charge is 0.341 e. The number of carbonyl (C=O) groups is 3. The fraction of sp³-hybridized carbons (Fsp3) is 0.414. The Morgan fingerprint density at radius 2 is 1.90 bits per heavy atom. The quantitative estimate of drug-likeness (QED) is 0.455. The largest absolute Gasteiger partial charge is 0.365 e. The van der Waals surface area contributed by atoms with Gasteiger partial charge in [-0.25, -0.2) is 28.1 Å². The van der Waals surface area contributed by atoms with E-state index in [-0.39, 0.29) is 29.7 Å². The Bertz CT molecular complexity index is 1360. The van der Waals surface area contributed by atoms with Gasteiger partial charge in [-0.2, -0.15) is 0 Å². The average Bonchev–Trinajstić information content (AvgIpc) is 3.30. The fourth-order valence-electron chi connectivity index (χ4n) is 5.99. The first-order valence-electron chi connectivity index (χ1n) is 13.6. The highest BCUT2D eigenvalue weighted by molar-refractivity contribution is 6.00. The number of urea groups is 2. The summed E-state index contributed by atoms with van der Waals surface area (Å²) in [4.78, 5) is 41.9. The Morgan fingerprint density at radius 1 is 1.15 bits per heavy atom. The van der Waals surface area contributed by atoms with E-state index in [9.17, 15) is 23.2 Å². The molecule has 1 atom stereocenters. The zero-order valence-corrected chi connectivity index (χ0v) is 22.5. The second-order valence-corrected chi connectivity index (χ2v) is 10.4. The first-order valence-corrected chi connectivity index (χ1v) is 13.6. The number of hydrogen-bond acceptors (Lipinski definition) is 5. The van der Waals surface area contributed by atoms with E-state index < -0.39 is 35.6 Å². The SMILES string of the molecule is CCC1=C(C([NH3+])=O)C(c2ccc(F)c(F)c2)N(C(=O)NCCCN2CCC3(CC2)OCc2ccccc23)C(=O)N1. The summed E-state index contributed by atoms with van der Waals surface area (Å²) in [6, 6.07) is 8.69. The van der Waals surface area contributed by atoms with Gasteiger partial charge in [-0.15, -0.1) is 0 Å². The Hall–Kier alpha value is -3.67. The van der Waals surface area contributed by atoms with Crippen LogP contribution in [0, 0.1) is 11.6 Å². The molecule has 3 aliphatic heterocycles. The minimum absolute atomic E-state index is 0.0567. The zero-order chi connectivity index (χ0) is 28.4. The monoisotopic (exact) mass is 554 g/mol. The molecule has 5 rings (SSSR count). The van der Waals surface area contributed by atoms with Crippen LogP contribution in [0.4, 0.5) is 18.4 Å². The van der Waals surface area contributed by atoms with Crippen molar-refractivity contribution in [2.24, 2.45) is 0 Å². The number of amides is 5. The topological polar surface area (TPSA) is 119 Å². The van der Waals surface area contributed by atoms with E-state index in [4.69, 9.17) is 4.74 Å². The lowest BCUT2D eigenvalue weighted by Gasteiger charge is -2.39. The maximum Gasteiger partial charge on any atom is 0.341 e. The number of fused-ring (bicyclic) bond motifs is 2. The molecule has 1 saturated heterocycles. The third-order valence-electron chi connectivity index (χ3n) is 8.07. The van der Waals surface area contributed by atoms with E-state index in [1.165, 1.54) is 17.2 Å². The maximum absolute atomic E-state index is 14.1. The van der Waals surface area contributed by atoms with E-state index in [2.05, 4.69) is 39.5 Å². The van der Waals surface area contributed by atoms with Crippen molar-refractivity contribution in [3.8, 4) is 0 Å². The Kier molecular flexibility index (Phi) is 7.97. The minimum Gasteiger partial charge on any atom is -0.365 e. The van der Waals surface area contributed by atoms with Crippen LogP contribution in [-0.4, -0.2) is 53.9 Å². The number of likely N-dealkylation sites (tertiary alicyclic amines) is 1. The highest BCUT2D eigenvalue weighted by atomic mass is 19.2. The van der Waals surface area contributed by atoms with Crippen LogP contribution in [0.5, 0.6) is 0 Å². The summed E-state index contributed by atoms with van der Waals surface area (Å²) in [6.45, 7) is 5.15. The molecule has 40 heavy (non-hydrogen) atoms. The summed E-state index contributed by atoms with van der Waals surface area (Å²) in [5.41, 5.74) is 6.25. The summed E-state index contributed by atoms with van der Waals surface area (Å²) < 4.78 is 34.0. The van der Waals surface area contributed by atoms with E-state index in [1.807, 2.05) is 6.07 Å². The van der Waals surface area contributed by atoms with Crippen LogP contribution in [0.2, 0.25) is 0 Å². The summed E-state index contributed by atoms with van der Waals surface area (Å²) in [7, 11) is 0. The van der Waals surface area contributed by atoms with Gasteiger partial charge in [0.25, 0.3) is 0 Å². The lowest BCUT2D eigenvalue weighted by molar-refractivity contribution is -0.300. The fourth-order valence-corrected chi connectivity index (χ4v) is 5.99. The predicted octanol–water partition coefficient (Wildman–Crippen LogP) is 3.08. The molecule has 0 aromatic heterocycles. The van der Waals surface area contributed by atoms with Crippen molar-refractivity contribution < 1.29 is 33.6 Å². The molecule has 5 N–H and O–H groups in total. The lowest BCUT2D eigenvalue weighted by Crippen LogP contribution is -2.63. The standard InChI is InChI=1S/C29H33F2N5O4/c1-2-23-24(26(32)37)25(18-8-9-21(30)22(31)16-18)36(28(39)34-23)27(38)33-12-5-13-35-14-10-29(11-15-35)20-7-4-3-6-19(20)17-40-29/h3-4,6-9,16,25H,2,5,10-15,17H2,1H3,(H2,32,37)(H,33,38)(H,34,39)/p+1. The molecule has 1 unspecified atom stereocenters. The third-order valence-corrected chi connectivity index (χ3v) is 8.07. The number of nitrogens with zero attached hydrogens (tertiary/aromatic N) is 2. The second-order valence-electron chi connectivity index (χ2n) is 10.4. The van der Waals surface area contributed by atoms with Gasteiger partial charge in [-0.05, 0) is 61.1 Å². The second kappa shape index (κ2) is 11.4. The van der Waals surface area contributed by atoms with Gasteiger partial charge in [0.15, 0.2) is 11.6 Å². The molecule has 0 radical (unpaired) electrons. The first-order chi connectivity index (χ1) is 19.2. The van der Waals surface area contributed by atoms with Crippen molar-refractivity contribution in [1.82, 2.24) is 20.4 Å². The molecule has 2 aromatic carbocycles. The number of ether oxygens (including phenoxy) is 1. The first kappa shape index (κ1) is 27.9. The van der Waals surface area contributed by atoms with Crippen LogP contribution in [0.1, 0.15) is 55.3 Å². The zero-order valence-electron chi connectivity index (χ0n) is 22.5. The molecule has 3 heterocycles. The molecule has 3 aliphatic rings. The van der Waals surface area contributed by atoms with E-state index >= 15 is 0 Å². The molecule has 0 bridgehead atoms. The number of quaternary nitrogens is 1. The number of rotatable bonds is 7. The number of nitrogens with one attached hydrogen (secondary N) is 2. The highest BCUT2D eigenvalue weighted by Crippen LogP contribution is 2.44. The molecule has 9 nitrogen and oxygen atoms in total. The van der Waals surface area contributed by atoms with Crippen molar-refractivity contribution in [3.63, 3.8) is 0 Å². The molecule has 11 heteroatoms. The highest BCUT2D eigenvalue weighted by Gasteiger charge is 2.44. The van der Waals surface area contributed by atoms with E-state index in [0.717, 1.165) is 49.5 Å². The van der Waals surface area contributed by atoms with Gasteiger partial charge in [0.2, 0.25) is 0 Å². The summed E-state index contributed by atoms with van der Waals surface area (Å²) in [5, 5.41) is 5.34. The van der Waals surface area contributed by atoms with Crippen LogP contribution in [0.15, 0.2) is 53.7 Å². The Labute approximate surface area is 231 Å². The maximum atomic E-state index is 14.1. The molecular formula is C29H34F2N5O4+. The van der Waals surface area contributed by atoms with Gasteiger partial charge >= 0.3 is 18.0 Å². The molecule has 1 fully saturated rings. The van der Waals surface area contributed by atoms with Crippen molar-refractivity contribution >= 4 is 18.0 Å². The molecule has 0 saturated carbocycles. The number of piperidine rings is 1. The van der Waals surface area contributed by atoms with Gasteiger partial charge in [-0.1, -0.05) is 37.3 Å². The number of hydrogen-bond donors (Lipinski definition) is 3. The molecule has 0 aliphatic carbocycles. The minimum atomic E-state index is -1.24. The van der Waals surface area contributed by atoms with Gasteiger partial charge < -0.3 is 20.3 Å². The van der Waals surface area contributed by atoms with Gasteiger partial charge in [0.05, 0.1) is 12.2 Å². The predicted molar refractivity (Wildman–Crippen MR) is 141 cm³/mol. The lowest BCUT2D eigenvalue weighted by atomic mass is 9.84. The molecule has 212 valence electrons. The molecule has 5 amide bonds. The van der Waals surface area contributed by atoms with Gasteiger partial charge in [0.1, 0.15) is 11.6 Å². The number of allylic oxidation sites excluding steroid dienone is 1. The van der Waals surface area contributed by atoms with Crippen LogP contribution in [-0.2, 0) is 21.7 Å². The average molecular weight is 555 g/mol. The van der Waals surface area contributed by atoms with Crippen molar-refractivity contribution in [1.29, 1.82) is 0 Å². The van der Waals surface area contributed by atoms with Gasteiger partial charge in [0, 0.05) is 25.3 Å². The number of benzene rings is 2. The number of imide groups is 1. The Morgan fingerprint density at radius 3 is 2.60 bits per heavy atom. The van der Waals surface area contributed by atoms with Crippen LogP contribution in [0.3, 0.4) is 0 Å². The Balaban J connectivity index is 1.21. The summed E-state index contributed by atoms with van der Waals surface area (Å²) in [6.07, 6.45) is 2.72. The van der Waals surface area contributed by atoms with E-state index in [0.29, 0.717) is 18.7 Å². The van der Waals surface area contributed by atoms with Crippen LogP contribution < -0.4 is 16.4 Å².